The topological polar surface area (TPSA) is 49.3 Å². The first-order valence-electron chi connectivity index (χ1n) is 5.00. The quantitative estimate of drug-likeness (QED) is 0.854. The number of rotatable bonds is 4. The van der Waals surface area contributed by atoms with Crippen LogP contribution in [0.15, 0.2) is 18.2 Å². The lowest BCUT2D eigenvalue weighted by Gasteiger charge is -2.17. The standard InChI is InChI=1S/C12H17NO2.ClH/c1-8-4-5-10(9(2)6-8)11(13-3)7-12(14)15;/h4-6,11,13H,7H2,1-3H3,(H,14,15);1H/t11-;/m0./s1. The van der Waals surface area contributed by atoms with Crippen molar-refractivity contribution < 1.29 is 9.90 Å². The van der Waals surface area contributed by atoms with E-state index in [1.165, 1.54) is 5.56 Å². The number of carboxylic acid groups (broad SMARTS) is 1. The summed E-state index contributed by atoms with van der Waals surface area (Å²) in [6.07, 6.45) is 0.112. The van der Waals surface area contributed by atoms with E-state index in [1.54, 1.807) is 7.05 Å². The summed E-state index contributed by atoms with van der Waals surface area (Å²) < 4.78 is 0. The number of aryl methyl sites for hydroxylation is 2. The van der Waals surface area contributed by atoms with E-state index in [9.17, 15) is 4.79 Å². The van der Waals surface area contributed by atoms with Crippen molar-refractivity contribution in [1.29, 1.82) is 0 Å². The molecule has 0 spiro atoms. The first-order valence-corrected chi connectivity index (χ1v) is 5.00. The van der Waals surface area contributed by atoms with Crippen LogP contribution in [0.2, 0.25) is 0 Å². The summed E-state index contributed by atoms with van der Waals surface area (Å²) in [6.45, 7) is 4.04. The summed E-state index contributed by atoms with van der Waals surface area (Å²) >= 11 is 0. The molecule has 1 aromatic rings. The maximum Gasteiger partial charge on any atom is 0.305 e. The van der Waals surface area contributed by atoms with Crippen molar-refractivity contribution in [2.24, 2.45) is 0 Å². The number of benzene rings is 1. The van der Waals surface area contributed by atoms with E-state index >= 15 is 0 Å². The third kappa shape index (κ3) is 3.83. The zero-order valence-electron chi connectivity index (χ0n) is 9.78. The lowest BCUT2D eigenvalue weighted by molar-refractivity contribution is -0.137. The molecule has 3 nitrogen and oxygen atoms in total. The Hall–Kier alpha value is -1.06. The van der Waals surface area contributed by atoms with E-state index in [-0.39, 0.29) is 24.9 Å². The van der Waals surface area contributed by atoms with Gasteiger partial charge in [0.1, 0.15) is 0 Å². The van der Waals surface area contributed by atoms with E-state index in [4.69, 9.17) is 5.11 Å². The summed E-state index contributed by atoms with van der Waals surface area (Å²) in [7, 11) is 1.78. The highest BCUT2D eigenvalue weighted by atomic mass is 35.5. The van der Waals surface area contributed by atoms with Crippen LogP contribution in [0.4, 0.5) is 0 Å². The third-order valence-corrected chi connectivity index (χ3v) is 2.53. The number of halogens is 1. The van der Waals surface area contributed by atoms with Crippen LogP contribution in [0.1, 0.15) is 29.2 Å². The van der Waals surface area contributed by atoms with E-state index in [1.807, 2.05) is 26.0 Å². The predicted molar refractivity (Wildman–Crippen MR) is 67.2 cm³/mol. The molecule has 0 radical (unpaired) electrons. The Labute approximate surface area is 102 Å². The second-order valence-electron chi connectivity index (χ2n) is 3.80. The summed E-state index contributed by atoms with van der Waals surface area (Å²) in [5.74, 6) is -0.783. The Morgan fingerprint density at radius 2 is 2.06 bits per heavy atom. The van der Waals surface area contributed by atoms with Gasteiger partial charge in [0, 0.05) is 6.04 Å². The van der Waals surface area contributed by atoms with Gasteiger partial charge >= 0.3 is 5.97 Å². The zero-order chi connectivity index (χ0) is 11.4. The van der Waals surface area contributed by atoms with Gasteiger partial charge in [0.2, 0.25) is 0 Å². The average molecular weight is 244 g/mol. The first-order chi connectivity index (χ1) is 7.04. The minimum Gasteiger partial charge on any atom is -0.481 e. The smallest absolute Gasteiger partial charge is 0.305 e. The summed E-state index contributed by atoms with van der Waals surface area (Å²) in [6, 6.07) is 5.97. The van der Waals surface area contributed by atoms with Crippen LogP contribution in [-0.4, -0.2) is 18.1 Å². The van der Waals surface area contributed by atoms with E-state index < -0.39 is 5.97 Å². The second-order valence-corrected chi connectivity index (χ2v) is 3.80. The second kappa shape index (κ2) is 6.51. The third-order valence-electron chi connectivity index (χ3n) is 2.53. The fourth-order valence-corrected chi connectivity index (χ4v) is 1.76. The molecule has 0 aromatic heterocycles. The lowest BCUT2D eigenvalue weighted by Crippen LogP contribution is -2.20. The van der Waals surface area contributed by atoms with Crippen molar-refractivity contribution in [3.8, 4) is 0 Å². The molecule has 90 valence electrons. The molecule has 1 atom stereocenters. The van der Waals surface area contributed by atoms with Crippen LogP contribution in [0.3, 0.4) is 0 Å². The van der Waals surface area contributed by atoms with Crippen LogP contribution in [0, 0.1) is 13.8 Å². The van der Waals surface area contributed by atoms with Gasteiger partial charge in [0.15, 0.2) is 0 Å². The van der Waals surface area contributed by atoms with Crippen LogP contribution in [0.25, 0.3) is 0 Å². The molecule has 0 fully saturated rings. The molecule has 0 amide bonds. The van der Waals surface area contributed by atoms with Crippen molar-refractivity contribution in [3.05, 3.63) is 34.9 Å². The summed E-state index contributed by atoms with van der Waals surface area (Å²) in [5.41, 5.74) is 3.39. The van der Waals surface area contributed by atoms with Gasteiger partial charge in [-0.1, -0.05) is 23.8 Å². The first kappa shape index (κ1) is 14.9. The van der Waals surface area contributed by atoms with Crippen molar-refractivity contribution >= 4 is 18.4 Å². The Bertz CT molecular complexity index is 366. The van der Waals surface area contributed by atoms with Crippen molar-refractivity contribution in [1.82, 2.24) is 5.32 Å². The van der Waals surface area contributed by atoms with Gasteiger partial charge in [-0.05, 0) is 32.0 Å². The molecule has 0 bridgehead atoms. The molecule has 2 N–H and O–H groups in total. The molecule has 0 saturated heterocycles. The average Bonchev–Trinajstić information content (AvgIpc) is 2.14. The van der Waals surface area contributed by atoms with Gasteiger partial charge in [-0.15, -0.1) is 12.4 Å². The molecule has 0 aliphatic rings. The molecule has 0 aliphatic heterocycles. The Morgan fingerprint density at radius 3 is 2.50 bits per heavy atom. The highest BCUT2D eigenvalue weighted by Crippen LogP contribution is 2.21. The number of hydrogen-bond donors (Lipinski definition) is 2. The van der Waals surface area contributed by atoms with E-state index in [2.05, 4.69) is 11.4 Å². The van der Waals surface area contributed by atoms with Gasteiger partial charge in [0.25, 0.3) is 0 Å². The molecule has 16 heavy (non-hydrogen) atoms. The number of nitrogens with one attached hydrogen (secondary N) is 1. The normalized spacial score (nSPS) is 11.7. The molecular weight excluding hydrogens is 226 g/mol. The summed E-state index contributed by atoms with van der Waals surface area (Å²) in [4.78, 5) is 10.7. The monoisotopic (exact) mass is 243 g/mol. The van der Waals surface area contributed by atoms with Crippen molar-refractivity contribution in [3.63, 3.8) is 0 Å². The van der Waals surface area contributed by atoms with Gasteiger partial charge in [-0.2, -0.15) is 0 Å². The fourth-order valence-electron chi connectivity index (χ4n) is 1.76. The van der Waals surface area contributed by atoms with Gasteiger partial charge in [0.05, 0.1) is 6.42 Å². The minimum atomic E-state index is -0.783. The van der Waals surface area contributed by atoms with Gasteiger partial charge < -0.3 is 10.4 Å². The Kier molecular flexibility index (Phi) is 6.08. The lowest BCUT2D eigenvalue weighted by atomic mass is 9.97. The maximum absolute atomic E-state index is 10.7. The van der Waals surface area contributed by atoms with E-state index in [0.717, 1.165) is 11.1 Å². The zero-order valence-corrected chi connectivity index (χ0v) is 10.6. The fraction of sp³-hybridized carbons (Fsp3) is 0.417. The van der Waals surface area contributed by atoms with Crippen molar-refractivity contribution in [2.75, 3.05) is 7.05 Å². The van der Waals surface area contributed by atoms with Crippen molar-refractivity contribution in [2.45, 2.75) is 26.3 Å². The highest BCUT2D eigenvalue weighted by Gasteiger charge is 2.14. The Balaban J connectivity index is 0.00000225. The van der Waals surface area contributed by atoms with Crippen LogP contribution in [-0.2, 0) is 4.79 Å². The number of carboxylic acids is 1. The minimum absolute atomic E-state index is 0. The molecule has 4 heteroatoms. The SMILES string of the molecule is CN[C@@H](CC(=O)O)c1ccc(C)cc1C.Cl. The molecule has 0 unspecified atom stereocenters. The molecule has 0 aliphatic carbocycles. The number of hydrogen-bond acceptors (Lipinski definition) is 2. The highest BCUT2D eigenvalue weighted by molar-refractivity contribution is 5.85. The van der Waals surface area contributed by atoms with Crippen LogP contribution in [0.5, 0.6) is 0 Å². The van der Waals surface area contributed by atoms with Crippen LogP contribution >= 0.6 is 12.4 Å². The molecule has 1 rings (SSSR count). The predicted octanol–water partition coefficient (Wildman–Crippen LogP) is 2.46. The molecular formula is C12H18ClNO2. The molecule has 1 aromatic carbocycles. The molecule has 0 saturated carbocycles. The van der Waals surface area contributed by atoms with Gasteiger partial charge in [-0.3, -0.25) is 4.79 Å². The Morgan fingerprint density at radius 1 is 1.44 bits per heavy atom. The van der Waals surface area contributed by atoms with Crippen LogP contribution < -0.4 is 5.32 Å². The number of carbonyl (C=O) groups is 1. The number of aliphatic carboxylic acids is 1. The molecule has 0 heterocycles. The maximum atomic E-state index is 10.7. The summed E-state index contributed by atoms with van der Waals surface area (Å²) in [5, 5.41) is 11.8. The van der Waals surface area contributed by atoms with Gasteiger partial charge in [-0.25, -0.2) is 0 Å². The largest absolute Gasteiger partial charge is 0.481 e. The van der Waals surface area contributed by atoms with E-state index in [0.29, 0.717) is 0 Å².